The van der Waals surface area contributed by atoms with Gasteiger partial charge in [0.25, 0.3) is 0 Å². The highest BCUT2D eigenvalue weighted by Crippen LogP contribution is 2.29. The van der Waals surface area contributed by atoms with Crippen molar-refractivity contribution in [1.29, 1.82) is 0 Å². The second kappa shape index (κ2) is 3.26. The van der Waals surface area contributed by atoms with Crippen molar-refractivity contribution in [1.82, 2.24) is 0 Å². The monoisotopic (exact) mass is 180 g/mol. The maximum Gasteiger partial charge on any atom is 0.226 e. The predicted molar refractivity (Wildman–Crippen MR) is 40.4 cm³/mol. The molecular formula is C8H14F2O2. The summed E-state index contributed by atoms with van der Waals surface area (Å²) in [4.78, 5) is 0. The Bertz CT molecular complexity index is 143. The van der Waals surface area contributed by atoms with Gasteiger partial charge in [-0.2, -0.15) is 0 Å². The Morgan fingerprint density at radius 2 is 1.50 bits per heavy atom. The quantitative estimate of drug-likeness (QED) is 0.643. The molecule has 0 aromatic heterocycles. The first kappa shape index (κ1) is 9.86. The SMILES string of the molecule is CC1(C)COC(CF)(CF)OC1. The molecule has 1 saturated heterocycles. The van der Waals surface area contributed by atoms with Gasteiger partial charge in [0.05, 0.1) is 13.2 Å². The lowest BCUT2D eigenvalue weighted by molar-refractivity contribution is -0.308. The van der Waals surface area contributed by atoms with E-state index in [1.54, 1.807) is 0 Å². The molecular weight excluding hydrogens is 166 g/mol. The minimum Gasteiger partial charge on any atom is -0.345 e. The van der Waals surface area contributed by atoms with Crippen molar-refractivity contribution in [2.75, 3.05) is 26.6 Å². The Hall–Kier alpha value is -0.220. The summed E-state index contributed by atoms with van der Waals surface area (Å²) in [5.41, 5.74) is -0.145. The third-order valence-corrected chi connectivity index (χ3v) is 1.86. The van der Waals surface area contributed by atoms with E-state index in [9.17, 15) is 8.78 Å². The number of rotatable bonds is 2. The summed E-state index contributed by atoms with van der Waals surface area (Å²) >= 11 is 0. The van der Waals surface area contributed by atoms with Gasteiger partial charge in [0.2, 0.25) is 5.79 Å². The minimum absolute atomic E-state index is 0.145. The van der Waals surface area contributed by atoms with Crippen LogP contribution in [0.4, 0.5) is 8.78 Å². The molecule has 0 radical (unpaired) electrons. The molecule has 1 aliphatic rings. The van der Waals surface area contributed by atoms with Gasteiger partial charge in [-0.3, -0.25) is 0 Å². The highest BCUT2D eigenvalue weighted by atomic mass is 19.1. The molecule has 1 rings (SSSR count). The maximum atomic E-state index is 12.3. The smallest absolute Gasteiger partial charge is 0.226 e. The topological polar surface area (TPSA) is 18.5 Å². The van der Waals surface area contributed by atoms with E-state index in [2.05, 4.69) is 0 Å². The molecule has 0 saturated carbocycles. The number of ether oxygens (including phenoxy) is 2. The van der Waals surface area contributed by atoms with Crippen LogP contribution in [-0.2, 0) is 9.47 Å². The fourth-order valence-electron chi connectivity index (χ4n) is 0.927. The largest absolute Gasteiger partial charge is 0.345 e. The molecule has 4 heteroatoms. The second-order valence-corrected chi connectivity index (χ2v) is 3.92. The van der Waals surface area contributed by atoms with Crippen molar-refractivity contribution >= 4 is 0 Å². The van der Waals surface area contributed by atoms with E-state index in [0.29, 0.717) is 13.2 Å². The standard InChI is InChI=1S/C8H14F2O2/c1-7(2)5-11-8(3-9,4-10)12-6-7/h3-6H2,1-2H3. The molecule has 1 heterocycles. The third kappa shape index (κ3) is 1.93. The Labute approximate surface area is 70.8 Å². The van der Waals surface area contributed by atoms with Gasteiger partial charge in [0.15, 0.2) is 0 Å². The molecule has 1 fully saturated rings. The first-order valence-electron chi connectivity index (χ1n) is 3.93. The van der Waals surface area contributed by atoms with E-state index in [0.717, 1.165) is 0 Å². The fourth-order valence-corrected chi connectivity index (χ4v) is 0.927. The van der Waals surface area contributed by atoms with Gasteiger partial charge in [-0.05, 0) is 0 Å². The van der Waals surface area contributed by atoms with Crippen LogP contribution in [0.15, 0.2) is 0 Å². The zero-order valence-electron chi connectivity index (χ0n) is 7.40. The molecule has 0 N–H and O–H groups in total. The van der Waals surface area contributed by atoms with Crippen LogP contribution in [0.25, 0.3) is 0 Å². The Balaban J connectivity index is 2.53. The van der Waals surface area contributed by atoms with Gasteiger partial charge in [-0.1, -0.05) is 13.8 Å². The van der Waals surface area contributed by atoms with Crippen LogP contribution in [0.2, 0.25) is 0 Å². The third-order valence-electron chi connectivity index (χ3n) is 1.86. The summed E-state index contributed by atoms with van der Waals surface area (Å²) in [5.74, 6) is -1.62. The van der Waals surface area contributed by atoms with Gasteiger partial charge < -0.3 is 9.47 Å². The minimum atomic E-state index is -1.62. The number of hydrogen-bond donors (Lipinski definition) is 0. The van der Waals surface area contributed by atoms with Gasteiger partial charge in [-0.15, -0.1) is 0 Å². The van der Waals surface area contributed by atoms with Gasteiger partial charge in [-0.25, -0.2) is 8.78 Å². The van der Waals surface area contributed by atoms with Crippen molar-refractivity contribution in [2.24, 2.45) is 5.41 Å². The highest BCUT2D eigenvalue weighted by molar-refractivity contribution is 4.79. The van der Waals surface area contributed by atoms with Crippen LogP contribution in [0, 0.1) is 5.41 Å². The summed E-state index contributed by atoms with van der Waals surface area (Å²) in [7, 11) is 0. The molecule has 12 heavy (non-hydrogen) atoms. The van der Waals surface area contributed by atoms with E-state index in [1.807, 2.05) is 13.8 Å². The van der Waals surface area contributed by atoms with E-state index >= 15 is 0 Å². The molecule has 0 aromatic rings. The summed E-state index contributed by atoms with van der Waals surface area (Å²) in [6, 6.07) is 0. The average Bonchev–Trinajstić information content (AvgIpc) is 2.06. The number of alkyl halides is 2. The lowest BCUT2D eigenvalue weighted by atomic mass is 9.95. The van der Waals surface area contributed by atoms with Crippen molar-refractivity contribution in [3.8, 4) is 0 Å². The molecule has 0 aromatic carbocycles. The van der Waals surface area contributed by atoms with Crippen molar-refractivity contribution in [3.05, 3.63) is 0 Å². The molecule has 0 aliphatic carbocycles. The zero-order valence-corrected chi connectivity index (χ0v) is 7.40. The average molecular weight is 180 g/mol. The lowest BCUT2D eigenvalue weighted by Crippen LogP contribution is -2.50. The number of halogens is 2. The Morgan fingerprint density at radius 3 is 1.83 bits per heavy atom. The Kier molecular flexibility index (Phi) is 2.68. The lowest BCUT2D eigenvalue weighted by Gasteiger charge is -2.40. The molecule has 2 nitrogen and oxygen atoms in total. The van der Waals surface area contributed by atoms with Crippen LogP contribution in [-0.4, -0.2) is 32.4 Å². The molecule has 1 aliphatic heterocycles. The molecule has 0 spiro atoms. The number of hydrogen-bond acceptors (Lipinski definition) is 2. The van der Waals surface area contributed by atoms with Gasteiger partial charge in [0, 0.05) is 5.41 Å². The van der Waals surface area contributed by atoms with Gasteiger partial charge in [0.1, 0.15) is 13.3 Å². The molecule has 0 unspecified atom stereocenters. The first-order chi connectivity index (χ1) is 5.54. The summed E-state index contributed by atoms with van der Waals surface area (Å²) in [6.45, 7) is 2.65. The van der Waals surface area contributed by atoms with E-state index in [4.69, 9.17) is 9.47 Å². The van der Waals surface area contributed by atoms with Crippen LogP contribution in [0.3, 0.4) is 0 Å². The maximum absolute atomic E-state index is 12.3. The normalized spacial score (nSPS) is 27.0. The molecule has 0 atom stereocenters. The highest BCUT2D eigenvalue weighted by Gasteiger charge is 2.41. The van der Waals surface area contributed by atoms with E-state index in [-0.39, 0.29) is 5.41 Å². The van der Waals surface area contributed by atoms with Crippen molar-refractivity contribution in [2.45, 2.75) is 19.6 Å². The fraction of sp³-hybridized carbons (Fsp3) is 1.00. The van der Waals surface area contributed by atoms with Gasteiger partial charge >= 0.3 is 0 Å². The van der Waals surface area contributed by atoms with Crippen molar-refractivity contribution in [3.63, 3.8) is 0 Å². The van der Waals surface area contributed by atoms with Crippen molar-refractivity contribution < 1.29 is 18.3 Å². The van der Waals surface area contributed by atoms with E-state index in [1.165, 1.54) is 0 Å². The van der Waals surface area contributed by atoms with Crippen LogP contribution in [0.5, 0.6) is 0 Å². The Morgan fingerprint density at radius 1 is 1.08 bits per heavy atom. The van der Waals surface area contributed by atoms with Crippen LogP contribution in [0.1, 0.15) is 13.8 Å². The molecule has 0 bridgehead atoms. The zero-order chi connectivity index (χ0) is 9.24. The van der Waals surface area contributed by atoms with Crippen LogP contribution < -0.4 is 0 Å². The summed E-state index contributed by atoms with van der Waals surface area (Å²) < 4.78 is 34.6. The van der Waals surface area contributed by atoms with Crippen LogP contribution >= 0.6 is 0 Å². The second-order valence-electron chi connectivity index (χ2n) is 3.92. The predicted octanol–water partition coefficient (Wildman–Crippen LogP) is 1.69. The molecule has 0 amide bonds. The molecule has 72 valence electrons. The van der Waals surface area contributed by atoms with E-state index < -0.39 is 19.1 Å². The summed E-state index contributed by atoms with van der Waals surface area (Å²) in [5, 5.41) is 0. The first-order valence-corrected chi connectivity index (χ1v) is 3.93. The summed E-state index contributed by atoms with van der Waals surface area (Å²) in [6.07, 6.45) is 0.